The van der Waals surface area contributed by atoms with Gasteiger partial charge < -0.3 is 13.8 Å². The number of methoxy groups -OCH3 is 1. The molecule has 0 amide bonds. The Labute approximate surface area is 112 Å². The molecule has 0 heterocycles. The van der Waals surface area contributed by atoms with Gasteiger partial charge in [-0.2, -0.15) is 0 Å². The van der Waals surface area contributed by atoms with Crippen LogP contribution in [0.5, 0.6) is 5.75 Å². The van der Waals surface area contributed by atoms with E-state index in [9.17, 15) is 9.36 Å². The molecule has 1 aromatic carbocycles. The lowest BCUT2D eigenvalue weighted by atomic mass is 9.90. The number of Topliss-reactive ketones (excluding diaryl/α,β-unsaturated/α-hetero) is 1. The Balaban J connectivity index is 2.56. The lowest BCUT2D eigenvalue weighted by molar-refractivity contribution is -0.119. The molecule has 0 fully saturated rings. The molecule has 1 aromatic rings. The number of benzene rings is 1. The van der Waals surface area contributed by atoms with Crippen molar-refractivity contribution in [3.8, 4) is 5.75 Å². The smallest absolute Gasteiger partial charge is 0.344 e. The van der Waals surface area contributed by atoms with Crippen LogP contribution in [0.25, 0.3) is 0 Å². The van der Waals surface area contributed by atoms with Crippen LogP contribution in [0.4, 0.5) is 0 Å². The Morgan fingerprint density at radius 1 is 1.16 bits per heavy atom. The number of fused-ring (bicyclic) bond motifs is 1. The molecule has 1 unspecified atom stereocenters. The Kier molecular flexibility index (Phi) is 4.09. The first-order valence-corrected chi connectivity index (χ1v) is 7.57. The Hall–Kier alpha value is -1.16. The van der Waals surface area contributed by atoms with Gasteiger partial charge in [-0.25, -0.2) is 0 Å². The van der Waals surface area contributed by atoms with Crippen LogP contribution in [0.15, 0.2) is 18.2 Å². The maximum atomic E-state index is 12.6. The second kappa shape index (κ2) is 5.45. The van der Waals surface area contributed by atoms with E-state index in [0.29, 0.717) is 24.2 Å². The number of ketones is 1. The molecule has 0 saturated carbocycles. The highest BCUT2D eigenvalue weighted by atomic mass is 31.2. The number of aryl methyl sites for hydroxylation is 1. The Bertz CT molecular complexity index is 532. The molecule has 0 aliphatic heterocycles. The maximum absolute atomic E-state index is 12.6. The summed E-state index contributed by atoms with van der Waals surface area (Å²) in [5.41, 5.74) is 0.809. The summed E-state index contributed by atoms with van der Waals surface area (Å²) in [6.07, 6.45) is 0.989. The van der Waals surface area contributed by atoms with E-state index >= 15 is 0 Å². The highest BCUT2D eigenvalue weighted by Crippen LogP contribution is 2.62. The Morgan fingerprint density at radius 2 is 1.84 bits per heavy atom. The fraction of sp³-hybridized carbons (Fsp3) is 0.462. The summed E-state index contributed by atoms with van der Waals surface area (Å²) in [6, 6.07) is 5.46. The van der Waals surface area contributed by atoms with Crippen LogP contribution in [0.1, 0.15) is 23.2 Å². The van der Waals surface area contributed by atoms with Crippen molar-refractivity contribution >= 4 is 13.4 Å². The van der Waals surface area contributed by atoms with Crippen LogP contribution in [0.3, 0.4) is 0 Å². The first kappa shape index (κ1) is 14.3. The number of carbonyl (C=O) groups excluding carboxylic acids is 1. The van der Waals surface area contributed by atoms with Crippen molar-refractivity contribution in [1.82, 2.24) is 0 Å². The van der Waals surface area contributed by atoms with E-state index < -0.39 is 13.3 Å². The van der Waals surface area contributed by atoms with Gasteiger partial charge in [-0.15, -0.1) is 0 Å². The molecule has 0 aromatic heterocycles. The van der Waals surface area contributed by atoms with Crippen LogP contribution >= 0.6 is 7.60 Å². The monoisotopic (exact) mass is 284 g/mol. The van der Waals surface area contributed by atoms with Crippen molar-refractivity contribution in [2.75, 3.05) is 21.3 Å². The number of ether oxygens (including phenoxy) is 1. The van der Waals surface area contributed by atoms with E-state index in [1.54, 1.807) is 13.2 Å². The quantitative estimate of drug-likeness (QED) is 0.795. The zero-order valence-electron chi connectivity index (χ0n) is 11.2. The molecule has 2 rings (SSSR count). The first-order chi connectivity index (χ1) is 9.05. The summed E-state index contributed by atoms with van der Waals surface area (Å²) in [5, 5.41) is 0. The summed E-state index contributed by atoms with van der Waals surface area (Å²) in [6.45, 7) is 0. The molecule has 6 heteroatoms. The molecule has 0 radical (unpaired) electrons. The Morgan fingerprint density at radius 3 is 2.42 bits per heavy atom. The zero-order valence-corrected chi connectivity index (χ0v) is 12.1. The SMILES string of the molecule is COc1ccc2c(c1)C(P(=O)(OC)OC)C(=O)CC2. The summed E-state index contributed by atoms with van der Waals surface area (Å²) >= 11 is 0. The third-order valence-corrected chi connectivity index (χ3v) is 5.64. The van der Waals surface area contributed by atoms with Gasteiger partial charge in [0.05, 0.1) is 7.11 Å². The predicted octanol–water partition coefficient (Wildman–Crippen LogP) is 2.74. The summed E-state index contributed by atoms with van der Waals surface area (Å²) in [7, 11) is 0.664. The van der Waals surface area contributed by atoms with Crippen LogP contribution in [0.2, 0.25) is 0 Å². The van der Waals surface area contributed by atoms with Crippen LogP contribution in [-0.2, 0) is 24.8 Å². The van der Waals surface area contributed by atoms with E-state index in [4.69, 9.17) is 13.8 Å². The van der Waals surface area contributed by atoms with Gasteiger partial charge in [0, 0.05) is 20.6 Å². The average molecular weight is 284 g/mol. The van der Waals surface area contributed by atoms with Crippen LogP contribution < -0.4 is 4.74 Å². The lowest BCUT2D eigenvalue weighted by Gasteiger charge is -2.29. The van der Waals surface area contributed by atoms with Gasteiger partial charge in [0.1, 0.15) is 11.4 Å². The highest BCUT2D eigenvalue weighted by molar-refractivity contribution is 7.55. The summed E-state index contributed by atoms with van der Waals surface area (Å²) < 4.78 is 27.7. The van der Waals surface area contributed by atoms with Gasteiger partial charge in [-0.05, 0) is 29.7 Å². The average Bonchev–Trinajstić information content (AvgIpc) is 2.45. The fourth-order valence-corrected chi connectivity index (χ4v) is 4.02. The number of hydrogen-bond donors (Lipinski definition) is 0. The minimum absolute atomic E-state index is 0.118. The first-order valence-electron chi connectivity index (χ1n) is 5.96. The highest BCUT2D eigenvalue weighted by Gasteiger charge is 2.43. The molecule has 1 aliphatic carbocycles. The molecule has 104 valence electrons. The molecular formula is C13H17O5P. The summed E-state index contributed by atoms with van der Waals surface area (Å²) in [4.78, 5) is 12.1. The van der Waals surface area contributed by atoms with Gasteiger partial charge in [-0.3, -0.25) is 9.36 Å². The van der Waals surface area contributed by atoms with Gasteiger partial charge >= 0.3 is 7.60 Å². The number of carbonyl (C=O) groups is 1. The third kappa shape index (κ3) is 2.46. The van der Waals surface area contributed by atoms with Crippen molar-refractivity contribution < 1.29 is 23.1 Å². The zero-order chi connectivity index (χ0) is 14.0. The molecule has 0 saturated heterocycles. The second-order valence-electron chi connectivity index (χ2n) is 4.34. The molecule has 19 heavy (non-hydrogen) atoms. The molecule has 0 spiro atoms. The third-order valence-electron chi connectivity index (χ3n) is 3.42. The maximum Gasteiger partial charge on any atom is 0.344 e. The standard InChI is InChI=1S/C13H17O5P/c1-16-10-6-4-9-5-7-12(14)13(11(9)8-10)19(15,17-2)18-3/h4,6,8,13H,5,7H2,1-3H3. The van der Waals surface area contributed by atoms with Crippen LogP contribution in [-0.4, -0.2) is 27.1 Å². The summed E-state index contributed by atoms with van der Waals surface area (Å²) in [5.74, 6) is 0.505. The van der Waals surface area contributed by atoms with E-state index in [0.717, 1.165) is 5.56 Å². The van der Waals surface area contributed by atoms with Gasteiger partial charge in [0.25, 0.3) is 0 Å². The van der Waals surface area contributed by atoms with Gasteiger partial charge in [0.2, 0.25) is 0 Å². The fourth-order valence-electron chi connectivity index (χ4n) is 2.38. The largest absolute Gasteiger partial charge is 0.497 e. The lowest BCUT2D eigenvalue weighted by Crippen LogP contribution is -2.22. The van der Waals surface area contributed by atoms with Gasteiger partial charge in [-0.1, -0.05) is 6.07 Å². The van der Waals surface area contributed by atoms with Crippen molar-refractivity contribution in [2.45, 2.75) is 18.5 Å². The topological polar surface area (TPSA) is 61.8 Å². The minimum Gasteiger partial charge on any atom is -0.497 e. The van der Waals surface area contributed by atoms with Crippen molar-refractivity contribution in [1.29, 1.82) is 0 Å². The molecule has 0 bridgehead atoms. The van der Waals surface area contributed by atoms with Crippen molar-refractivity contribution in [3.63, 3.8) is 0 Å². The molecular weight excluding hydrogens is 267 g/mol. The molecule has 1 atom stereocenters. The van der Waals surface area contributed by atoms with Crippen molar-refractivity contribution in [2.24, 2.45) is 0 Å². The van der Waals surface area contributed by atoms with Gasteiger partial charge in [0.15, 0.2) is 5.78 Å². The normalized spacial score (nSPS) is 19.1. The van der Waals surface area contributed by atoms with E-state index in [-0.39, 0.29) is 5.78 Å². The molecule has 5 nitrogen and oxygen atoms in total. The van der Waals surface area contributed by atoms with Crippen LogP contribution in [0, 0.1) is 0 Å². The predicted molar refractivity (Wildman–Crippen MR) is 70.7 cm³/mol. The van der Waals surface area contributed by atoms with E-state index in [2.05, 4.69) is 0 Å². The number of rotatable bonds is 4. The minimum atomic E-state index is -3.48. The van der Waals surface area contributed by atoms with E-state index in [1.807, 2.05) is 12.1 Å². The van der Waals surface area contributed by atoms with E-state index in [1.165, 1.54) is 14.2 Å². The van der Waals surface area contributed by atoms with Crippen molar-refractivity contribution in [3.05, 3.63) is 29.3 Å². The molecule has 1 aliphatic rings. The number of hydrogen-bond acceptors (Lipinski definition) is 5. The molecule has 0 N–H and O–H groups in total. The second-order valence-corrected chi connectivity index (χ2v) is 6.66.